The molecule has 0 spiro atoms. The Morgan fingerprint density at radius 1 is 1.26 bits per heavy atom. The van der Waals surface area contributed by atoms with Gasteiger partial charge in [0.25, 0.3) is 0 Å². The standard InChI is InChI=1S/C15H25ClN2O/c1-4-17-12-13-8-7-9-14(16)15(13)18(5-2)10-11-19-6-3/h7-9,17H,4-6,10-12H2,1-3H3. The van der Waals surface area contributed by atoms with E-state index in [1.54, 1.807) is 0 Å². The predicted molar refractivity (Wildman–Crippen MR) is 83.2 cm³/mol. The van der Waals surface area contributed by atoms with Gasteiger partial charge in [0.2, 0.25) is 0 Å². The molecule has 0 aliphatic heterocycles. The van der Waals surface area contributed by atoms with E-state index >= 15 is 0 Å². The van der Waals surface area contributed by atoms with Crippen LogP contribution in [0.4, 0.5) is 5.69 Å². The van der Waals surface area contributed by atoms with Crippen molar-refractivity contribution in [3.63, 3.8) is 0 Å². The monoisotopic (exact) mass is 284 g/mol. The van der Waals surface area contributed by atoms with Crippen molar-refractivity contribution in [1.82, 2.24) is 5.32 Å². The summed E-state index contributed by atoms with van der Waals surface area (Å²) in [5, 5.41) is 4.18. The molecule has 19 heavy (non-hydrogen) atoms. The molecule has 0 aliphatic carbocycles. The zero-order valence-electron chi connectivity index (χ0n) is 12.2. The molecular formula is C15H25ClN2O. The molecule has 3 nitrogen and oxygen atoms in total. The topological polar surface area (TPSA) is 24.5 Å². The van der Waals surface area contributed by atoms with Crippen molar-refractivity contribution in [2.75, 3.05) is 37.7 Å². The van der Waals surface area contributed by atoms with Crippen molar-refractivity contribution in [1.29, 1.82) is 0 Å². The van der Waals surface area contributed by atoms with Crippen LogP contribution in [0, 0.1) is 0 Å². The van der Waals surface area contributed by atoms with Crippen molar-refractivity contribution >= 4 is 17.3 Å². The van der Waals surface area contributed by atoms with Crippen molar-refractivity contribution in [2.45, 2.75) is 27.3 Å². The van der Waals surface area contributed by atoms with Gasteiger partial charge in [-0.1, -0.05) is 30.7 Å². The van der Waals surface area contributed by atoms with Crippen LogP contribution in [0.15, 0.2) is 18.2 Å². The molecule has 0 unspecified atom stereocenters. The zero-order valence-corrected chi connectivity index (χ0v) is 13.0. The minimum atomic E-state index is 0.732. The van der Waals surface area contributed by atoms with E-state index in [2.05, 4.69) is 30.1 Å². The lowest BCUT2D eigenvalue weighted by Gasteiger charge is -2.27. The molecule has 0 bridgehead atoms. The number of anilines is 1. The molecule has 1 N–H and O–H groups in total. The van der Waals surface area contributed by atoms with Crippen LogP contribution >= 0.6 is 11.6 Å². The van der Waals surface area contributed by atoms with Gasteiger partial charge in [-0.25, -0.2) is 0 Å². The van der Waals surface area contributed by atoms with Crippen LogP contribution in [0.5, 0.6) is 0 Å². The summed E-state index contributed by atoms with van der Waals surface area (Å²) in [6, 6.07) is 6.10. The van der Waals surface area contributed by atoms with E-state index in [1.165, 1.54) is 5.56 Å². The molecule has 0 heterocycles. The van der Waals surface area contributed by atoms with Gasteiger partial charge in [0.15, 0.2) is 0 Å². The highest BCUT2D eigenvalue weighted by molar-refractivity contribution is 6.33. The molecule has 0 atom stereocenters. The van der Waals surface area contributed by atoms with Crippen LogP contribution in [0.25, 0.3) is 0 Å². The van der Waals surface area contributed by atoms with Crippen LogP contribution in [0.3, 0.4) is 0 Å². The van der Waals surface area contributed by atoms with Gasteiger partial charge in [0.1, 0.15) is 0 Å². The van der Waals surface area contributed by atoms with E-state index in [0.29, 0.717) is 0 Å². The molecule has 108 valence electrons. The van der Waals surface area contributed by atoms with E-state index in [4.69, 9.17) is 16.3 Å². The van der Waals surface area contributed by atoms with Gasteiger partial charge in [0.05, 0.1) is 17.3 Å². The Kier molecular flexibility index (Phi) is 7.87. The summed E-state index contributed by atoms with van der Waals surface area (Å²) in [6.45, 7) is 11.4. The minimum Gasteiger partial charge on any atom is -0.380 e. The Hall–Kier alpha value is -0.770. The average Bonchev–Trinajstić information content (AvgIpc) is 2.42. The first-order chi connectivity index (χ1) is 9.24. The number of hydrogen-bond acceptors (Lipinski definition) is 3. The van der Waals surface area contributed by atoms with E-state index in [1.807, 2.05) is 19.1 Å². The highest BCUT2D eigenvalue weighted by atomic mass is 35.5. The van der Waals surface area contributed by atoms with Crippen LogP contribution in [0.1, 0.15) is 26.3 Å². The first-order valence-electron chi connectivity index (χ1n) is 7.05. The van der Waals surface area contributed by atoms with Gasteiger partial charge >= 0.3 is 0 Å². The number of likely N-dealkylation sites (N-methyl/N-ethyl adjacent to an activating group) is 1. The molecule has 1 rings (SSSR count). The van der Waals surface area contributed by atoms with Crippen molar-refractivity contribution in [3.8, 4) is 0 Å². The Balaban J connectivity index is 2.86. The largest absolute Gasteiger partial charge is 0.380 e. The Bertz CT molecular complexity index is 371. The number of ether oxygens (including phenoxy) is 1. The maximum absolute atomic E-state index is 6.38. The maximum atomic E-state index is 6.38. The second-order valence-corrected chi connectivity index (χ2v) is 4.71. The number of rotatable bonds is 9. The van der Waals surface area contributed by atoms with Crippen molar-refractivity contribution < 1.29 is 4.74 Å². The van der Waals surface area contributed by atoms with E-state index < -0.39 is 0 Å². The predicted octanol–water partition coefficient (Wildman–Crippen LogP) is 3.31. The number of halogens is 1. The van der Waals surface area contributed by atoms with Gasteiger partial charge in [-0.3, -0.25) is 0 Å². The summed E-state index contributed by atoms with van der Waals surface area (Å²) in [7, 11) is 0. The highest BCUT2D eigenvalue weighted by Gasteiger charge is 2.13. The number of para-hydroxylation sites is 1. The molecule has 1 aromatic rings. The summed E-state index contributed by atoms with van der Waals surface area (Å²) < 4.78 is 5.45. The Morgan fingerprint density at radius 2 is 2.05 bits per heavy atom. The normalized spacial score (nSPS) is 10.7. The molecule has 0 radical (unpaired) electrons. The average molecular weight is 285 g/mol. The molecule has 0 aliphatic rings. The minimum absolute atomic E-state index is 0.732. The van der Waals surface area contributed by atoms with Gasteiger partial charge in [-0.15, -0.1) is 0 Å². The van der Waals surface area contributed by atoms with Crippen LogP contribution < -0.4 is 10.2 Å². The third-order valence-corrected chi connectivity index (χ3v) is 3.35. The lowest BCUT2D eigenvalue weighted by molar-refractivity contribution is 0.154. The second kappa shape index (κ2) is 9.18. The summed E-state index contributed by atoms with van der Waals surface area (Å²) in [5.41, 5.74) is 2.38. The number of benzene rings is 1. The SMILES string of the molecule is CCNCc1cccc(Cl)c1N(CC)CCOCC. The van der Waals surface area contributed by atoms with Crippen molar-refractivity contribution in [2.24, 2.45) is 0 Å². The van der Waals surface area contributed by atoms with Gasteiger partial charge in [-0.05, 0) is 32.0 Å². The van der Waals surface area contributed by atoms with Crippen molar-refractivity contribution in [3.05, 3.63) is 28.8 Å². The lowest BCUT2D eigenvalue weighted by Crippen LogP contribution is -2.29. The summed E-state index contributed by atoms with van der Waals surface area (Å²) in [4.78, 5) is 2.28. The van der Waals surface area contributed by atoms with E-state index in [9.17, 15) is 0 Å². The first kappa shape index (κ1) is 16.3. The quantitative estimate of drug-likeness (QED) is 0.704. The summed E-state index contributed by atoms with van der Waals surface area (Å²) >= 11 is 6.38. The third-order valence-electron chi connectivity index (χ3n) is 3.04. The Labute approximate surface area is 121 Å². The molecule has 0 saturated heterocycles. The second-order valence-electron chi connectivity index (χ2n) is 4.30. The fourth-order valence-corrected chi connectivity index (χ4v) is 2.38. The fraction of sp³-hybridized carbons (Fsp3) is 0.600. The first-order valence-corrected chi connectivity index (χ1v) is 7.43. The number of hydrogen-bond donors (Lipinski definition) is 1. The summed E-state index contributed by atoms with van der Waals surface area (Å²) in [6.07, 6.45) is 0. The van der Waals surface area contributed by atoms with Gasteiger partial charge in [-0.2, -0.15) is 0 Å². The molecule has 0 saturated carbocycles. The fourth-order valence-electron chi connectivity index (χ4n) is 2.06. The van der Waals surface area contributed by atoms with Crippen LogP contribution in [0.2, 0.25) is 5.02 Å². The molecule has 1 aromatic carbocycles. The molecule has 0 fully saturated rings. The maximum Gasteiger partial charge on any atom is 0.0642 e. The number of nitrogens with one attached hydrogen (secondary N) is 1. The smallest absolute Gasteiger partial charge is 0.0642 e. The van der Waals surface area contributed by atoms with E-state index in [0.717, 1.165) is 50.1 Å². The summed E-state index contributed by atoms with van der Waals surface area (Å²) in [5.74, 6) is 0. The van der Waals surface area contributed by atoms with E-state index in [-0.39, 0.29) is 0 Å². The zero-order chi connectivity index (χ0) is 14.1. The Morgan fingerprint density at radius 3 is 2.68 bits per heavy atom. The van der Waals surface area contributed by atoms with Crippen LogP contribution in [-0.4, -0.2) is 32.8 Å². The molecule has 4 heteroatoms. The molecular weight excluding hydrogens is 260 g/mol. The number of nitrogens with zero attached hydrogens (tertiary/aromatic N) is 1. The highest BCUT2D eigenvalue weighted by Crippen LogP contribution is 2.29. The van der Waals surface area contributed by atoms with Gasteiger partial charge < -0.3 is 15.0 Å². The lowest BCUT2D eigenvalue weighted by atomic mass is 10.1. The molecule has 0 amide bonds. The van der Waals surface area contributed by atoms with Gasteiger partial charge in [0, 0.05) is 26.2 Å². The molecule has 0 aromatic heterocycles. The van der Waals surface area contributed by atoms with Crippen LogP contribution in [-0.2, 0) is 11.3 Å². The third kappa shape index (κ3) is 5.01.